The van der Waals surface area contributed by atoms with Gasteiger partial charge in [0.15, 0.2) is 0 Å². The summed E-state index contributed by atoms with van der Waals surface area (Å²) in [6, 6.07) is 0. The Morgan fingerprint density at radius 3 is 1.45 bits per heavy atom. The van der Waals surface area contributed by atoms with Crippen molar-refractivity contribution in [3.05, 3.63) is 0 Å². The molecule has 0 amide bonds. The molecule has 0 N–H and O–H groups in total. The predicted octanol–water partition coefficient (Wildman–Crippen LogP) is 2.74. The molecule has 1 aliphatic heterocycles. The van der Waals surface area contributed by atoms with Crippen molar-refractivity contribution in [2.24, 2.45) is 0 Å². The first-order valence-corrected chi connectivity index (χ1v) is 7.20. The highest BCUT2D eigenvalue weighted by atomic mass is 32.9. The third-order valence-corrected chi connectivity index (χ3v) is 4.45. The maximum atomic E-state index is 5.52. The maximum absolute atomic E-state index is 5.52. The van der Waals surface area contributed by atoms with Crippen LogP contribution < -0.4 is 0 Å². The Kier molecular flexibility index (Phi) is 2.23. The number of hydrogen-bond acceptors (Lipinski definition) is 3. The van der Waals surface area contributed by atoms with E-state index in [9.17, 15) is 0 Å². The molecule has 1 aliphatic rings. The largest absolute Gasteiger partial charge is 0.313 e. The Morgan fingerprint density at radius 2 is 1.36 bits per heavy atom. The van der Waals surface area contributed by atoms with Crippen molar-refractivity contribution in [1.82, 2.24) is 0 Å². The quantitative estimate of drug-likeness (QED) is 0.492. The summed E-state index contributed by atoms with van der Waals surface area (Å²) < 4.78 is 11.0. The third kappa shape index (κ3) is 1.81. The minimum atomic E-state index is -2.26. The second-order valence-electron chi connectivity index (χ2n) is 3.67. The van der Waals surface area contributed by atoms with Crippen LogP contribution in [0.2, 0.25) is 0 Å². The first kappa shape index (κ1) is 10.0. The fourth-order valence-electron chi connectivity index (χ4n) is 0.815. The standard InChI is InChI=1S/C6H13O2PS2/c1-5(2)6(3,4)8-9(10,11)7-5/h1-4H3,(H,10,11). The highest BCUT2D eigenvalue weighted by Crippen LogP contribution is 2.67. The van der Waals surface area contributed by atoms with Gasteiger partial charge in [-0.1, -0.05) is 12.2 Å². The topological polar surface area (TPSA) is 18.5 Å². The van der Waals surface area contributed by atoms with Crippen molar-refractivity contribution in [2.75, 3.05) is 0 Å². The SMILES string of the molecule is CC1(C)OP(=S)(S)OC1(C)C. The van der Waals surface area contributed by atoms with E-state index in [1.54, 1.807) is 0 Å². The predicted molar refractivity (Wildman–Crippen MR) is 53.6 cm³/mol. The van der Waals surface area contributed by atoms with Crippen LogP contribution in [0.4, 0.5) is 0 Å². The van der Waals surface area contributed by atoms with Gasteiger partial charge in [-0.3, -0.25) is 0 Å². The lowest BCUT2D eigenvalue weighted by Crippen LogP contribution is -2.41. The highest BCUT2D eigenvalue weighted by Gasteiger charge is 2.51. The van der Waals surface area contributed by atoms with Gasteiger partial charge in [-0.15, -0.1) is 0 Å². The summed E-state index contributed by atoms with van der Waals surface area (Å²) >= 11 is 9.19. The molecule has 0 aromatic rings. The van der Waals surface area contributed by atoms with E-state index in [1.807, 2.05) is 27.7 Å². The van der Waals surface area contributed by atoms with Crippen LogP contribution >= 0.6 is 17.9 Å². The molecule has 1 rings (SSSR count). The lowest BCUT2D eigenvalue weighted by atomic mass is 9.90. The third-order valence-electron chi connectivity index (χ3n) is 2.14. The number of hydrogen-bond donors (Lipinski definition) is 1. The molecule has 0 bridgehead atoms. The Hall–Kier alpha value is 0.920. The molecule has 1 heterocycles. The van der Waals surface area contributed by atoms with Gasteiger partial charge in [0.1, 0.15) is 0 Å². The smallest absolute Gasteiger partial charge is 0.245 e. The lowest BCUT2D eigenvalue weighted by Gasteiger charge is -2.29. The molecule has 0 radical (unpaired) electrons. The maximum Gasteiger partial charge on any atom is 0.245 e. The molecule has 11 heavy (non-hydrogen) atoms. The molecule has 0 aromatic carbocycles. The van der Waals surface area contributed by atoms with Gasteiger partial charge in [-0.25, -0.2) is 0 Å². The molecule has 2 nitrogen and oxygen atoms in total. The molecule has 0 atom stereocenters. The summed E-state index contributed by atoms with van der Waals surface area (Å²) in [6.45, 7) is 7.88. The Labute approximate surface area is 78.0 Å². The minimum absolute atomic E-state index is 0.329. The zero-order valence-corrected chi connectivity index (χ0v) is 9.72. The first-order chi connectivity index (χ1) is 4.66. The van der Waals surface area contributed by atoms with Crippen molar-refractivity contribution in [3.63, 3.8) is 0 Å². The van der Waals surface area contributed by atoms with Gasteiger partial charge in [0.05, 0.1) is 11.2 Å². The summed E-state index contributed by atoms with van der Waals surface area (Å²) in [4.78, 5) is 0. The molecule has 0 spiro atoms. The van der Waals surface area contributed by atoms with E-state index >= 15 is 0 Å². The lowest BCUT2D eigenvalue weighted by molar-refractivity contribution is 0.00578. The normalized spacial score (nSPS) is 32.1. The molecule has 0 unspecified atom stereocenters. The van der Waals surface area contributed by atoms with Crippen LogP contribution in [-0.2, 0) is 20.9 Å². The molecule has 0 aromatic heterocycles. The Bertz CT molecular complexity index is 205. The van der Waals surface area contributed by atoms with Gasteiger partial charge in [0, 0.05) is 0 Å². The number of rotatable bonds is 0. The Morgan fingerprint density at radius 1 is 1.09 bits per heavy atom. The van der Waals surface area contributed by atoms with Crippen LogP contribution in [0, 0.1) is 0 Å². The summed E-state index contributed by atoms with van der Waals surface area (Å²) in [6.07, 6.45) is 0. The first-order valence-electron chi connectivity index (χ1n) is 3.41. The average molecular weight is 212 g/mol. The molecular weight excluding hydrogens is 199 g/mol. The summed E-state index contributed by atoms with van der Waals surface area (Å²) in [5, 5.41) is 0. The highest BCUT2D eigenvalue weighted by molar-refractivity contribution is 8.60. The van der Waals surface area contributed by atoms with Gasteiger partial charge in [0.2, 0.25) is 5.69 Å². The van der Waals surface area contributed by atoms with Crippen molar-refractivity contribution in [3.8, 4) is 0 Å². The van der Waals surface area contributed by atoms with Crippen molar-refractivity contribution >= 4 is 29.7 Å². The zero-order chi connectivity index (χ0) is 8.91. The molecular formula is C6H13O2PS2. The summed E-state index contributed by atoms with van der Waals surface area (Å²) in [7, 11) is 0. The summed E-state index contributed by atoms with van der Waals surface area (Å²) in [5.74, 6) is 0. The molecule has 1 fully saturated rings. The average Bonchev–Trinajstić information content (AvgIpc) is 1.66. The molecule has 66 valence electrons. The van der Waals surface area contributed by atoms with Crippen LogP contribution in [-0.4, -0.2) is 11.2 Å². The van der Waals surface area contributed by atoms with Gasteiger partial charge in [-0.2, -0.15) is 0 Å². The minimum Gasteiger partial charge on any atom is -0.313 e. The van der Waals surface area contributed by atoms with Crippen LogP contribution in [0.25, 0.3) is 0 Å². The van der Waals surface area contributed by atoms with Gasteiger partial charge < -0.3 is 9.05 Å². The monoisotopic (exact) mass is 212 g/mol. The van der Waals surface area contributed by atoms with E-state index in [2.05, 4.69) is 12.2 Å². The second kappa shape index (κ2) is 2.46. The Balaban J connectivity index is 2.98. The van der Waals surface area contributed by atoms with E-state index in [4.69, 9.17) is 20.9 Å². The van der Waals surface area contributed by atoms with Crippen molar-refractivity contribution in [1.29, 1.82) is 0 Å². The van der Waals surface area contributed by atoms with Crippen LogP contribution in [0.3, 0.4) is 0 Å². The summed E-state index contributed by atoms with van der Waals surface area (Å²) in [5.41, 5.74) is -2.92. The zero-order valence-electron chi connectivity index (χ0n) is 7.12. The van der Waals surface area contributed by atoms with Crippen molar-refractivity contribution < 1.29 is 9.05 Å². The van der Waals surface area contributed by atoms with Crippen LogP contribution in [0.5, 0.6) is 0 Å². The fourth-order valence-corrected chi connectivity index (χ4v) is 4.79. The van der Waals surface area contributed by atoms with Gasteiger partial charge in [0.25, 0.3) is 0 Å². The molecule has 5 heteroatoms. The van der Waals surface area contributed by atoms with E-state index in [1.165, 1.54) is 0 Å². The van der Waals surface area contributed by atoms with E-state index in [0.29, 0.717) is 0 Å². The van der Waals surface area contributed by atoms with Crippen molar-refractivity contribution in [2.45, 2.75) is 38.9 Å². The molecule has 0 aliphatic carbocycles. The molecule has 1 saturated heterocycles. The van der Waals surface area contributed by atoms with E-state index in [-0.39, 0.29) is 11.2 Å². The number of thiol groups is 1. The van der Waals surface area contributed by atoms with E-state index < -0.39 is 5.69 Å². The van der Waals surface area contributed by atoms with E-state index in [0.717, 1.165) is 0 Å². The molecule has 0 saturated carbocycles. The van der Waals surface area contributed by atoms with Crippen LogP contribution in [0.15, 0.2) is 0 Å². The van der Waals surface area contributed by atoms with Gasteiger partial charge in [-0.05, 0) is 39.5 Å². The van der Waals surface area contributed by atoms with Crippen LogP contribution in [0.1, 0.15) is 27.7 Å². The van der Waals surface area contributed by atoms with Gasteiger partial charge >= 0.3 is 0 Å². The fraction of sp³-hybridized carbons (Fsp3) is 1.00. The second-order valence-corrected chi connectivity index (χ2v) is 8.81.